The first-order chi connectivity index (χ1) is 12.3. The number of hydrogen-bond donors (Lipinski definition) is 0. The molecule has 0 radical (unpaired) electrons. The highest BCUT2D eigenvalue weighted by molar-refractivity contribution is 5.08. The maximum absolute atomic E-state index is 8.82. The molecule has 3 fully saturated rings. The lowest BCUT2D eigenvalue weighted by Gasteiger charge is -2.57. The molecule has 1 saturated carbocycles. The second-order valence-electron chi connectivity index (χ2n) is 9.25. The Bertz CT molecular complexity index is 483. The van der Waals surface area contributed by atoms with E-state index in [0.717, 1.165) is 19.3 Å². The summed E-state index contributed by atoms with van der Waals surface area (Å²) in [5.74, 6) is -0.454. The standard InChI is InChI=1S/C21H39NO4/c1-6-19(4)15-21(16(3)20(5,7-2)22(19)23)25-14-18(26-21)13-24-17-11-9-8-10-12-17/h16-18,23H,6-15H2,1-5H3/p+1. The van der Waals surface area contributed by atoms with Crippen LogP contribution in [-0.2, 0) is 14.2 Å². The van der Waals surface area contributed by atoms with Crippen LogP contribution in [0.25, 0.3) is 0 Å². The van der Waals surface area contributed by atoms with Crippen LogP contribution < -0.4 is 0 Å². The molecule has 1 aliphatic carbocycles. The molecule has 2 saturated heterocycles. The minimum atomic E-state index is -0.590. The second kappa shape index (κ2) is 7.67. The van der Waals surface area contributed by atoms with E-state index in [1.807, 2.05) is 5.06 Å². The monoisotopic (exact) mass is 370 g/mol. The highest BCUT2D eigenvalue weighted by Crippen LogP contribution is 2.53. The zero-order valence-electron chi connectivity index (χ0n) is 17.5. The van der Waals surface area contributed by atoms with Crippen LogP contribution in [0, 0.1) is 5.92 Å². The summed E-state index contributed by atoms with van der Waals surface area (Å²) in [5, 5.41) is 10.7. The van der Waals surface area contributed by atoms with Gasteiger partial charge in [0.05, 0.1) is 30.4 Å². The van der Waals surface area contributed by atoms with E-state index in [1.54, 1.807) is 0 Å². The molecule has 3 rings (SSSR count). The number of hydroxylamine groups is 2. The van der Waals surface area contributed by atoms with Gasteiger partial charge in [0.1, 0.15) is 6.10 Å². The lowest BCUT2D eigenvalue weighted by Crippen LogP contribution is -2.71. The summed E-state index contributed by atoms with van der Waals surface area (Å²) in [5.41, 5.74) is -0.501. The highest BCUT2D eigenvalue weighted by Gasteiger charge is 2.65. The van der Waals surface area contributed by atoms with Gasteiger partial charge in [-0.2, -0.15) is 0 Å². The first-order valence-electron chi connectivity index (χ1n) is 10.7. The van der Waals surface area contributed by atoms with Crippen LogP contribution in [0.1, 0.15) is 86.0 Å². The normalized spacial score (nSPS) is 45.5. The molecule has 5 atom stereocenters. The van der Waals surface area contributed by atoms with Crippen LogP contribution >= 0.6 is 0 Å². The molecule has 0 bridgehead atoms. The molecule has 152 valence electrons. The molecule has 5 unspecified atom stereocenters. The van der Waals surface area contributed by atoms with Crippen molar-refractivity contribution >= 4 is 0 Å². The van der Waals surface area contributed by atoms with Crippen LogP contribution in [0.15, 0.2) is 0 Å². The summed E-state index contributed by atoms with van der Waals surface area (Å²) in [6.07, 6.45) is 9.27. The fourth-order valence-corrected chi connectivity index (χ4v) is 5.26. The largest absolute Gasteiger partial charge is 0.375 e. The van der Waals surface area contributed by atoms with Crippen molar-refractivity contribution in [1.82, 2.24) is 5.06 Å². The molecule has 0 aromatic rings. The number of ether oxygens (including phenoxy) is 3. The number of nitrogens with zero attached hydrogens (tertiary/aromatic N) is 1. The van der Waals surface area contributed by atoms with E-state index in [9.17, 15) is 0 Å². The molecular weight excluding hydrogens is 330 g/mol. The Balaban J connectivity index is 1.70. The molecule has 5 nitrogen and oxygen atoms in total. The minimum absolute atomic E-state index is 0.0128. The van der Waals surface area contributed by atoms with E-state index in [0.29, 0.717) is 19.3 Å². The van der Waals surface area contributed by atoms with Gasteiger partial charge >= 0.3 is 0 Å². The number of piperidine rings is 1. The third-order valence-corrected chi connectivity index (χ3v) is 7.70. The van der Waals surface area contributed by atoms with Gasteiger partial charge in [-0.1, -0.05) is 45.1 Å². The molecule has 3 aliphatic rings. The molecular formula is C21H40NO4+. The Morgan fingerprint density at radius 1 is 1.12 bits per heavy atom. The zero-order valence-corrected chi connectivity index (χ0v) is 17.5. The molecule has 0 amide bonds. The van der Waals surface area contributed by atoms with Gasteiger partial charge in [0.25, 0.3) is 0 Å². The van der Waals surface area contributed by atoms with Crippen molar-refractivity contribution in [2.45, 2.75) is 115 Å². The van der Waals surface area contributed by atoms with E-state index < -0.39 is 5.79 Å². The van der Waals surface area contributed by atoms with Gasteiger partial charge in [-0.25, -0.2) is 0 Å². The van der Waals surface area contributed by atoms with E-state index in [-0.39, 0.29) is 23.1 Å². The smallest absolute Gasteiger partial charge is 0.175 e. The third kappa shape index (κ3) is 3.46. The van der Waals surface area contributed by atoms with Gasteiger partial charge in [0, 0.05) is 12.3 Å². The lowest BCUT2D eigenvalue weighted by molar-refractivity contribution is -0.352. The highest BCUT2D eigenvalue weighted by atomic mass is 16.8. The van der Waals surface area contributed by atoms with Crippen molar-refractivity contribution in [2.24, 2.45) is 5.92 Å². The van der Waals surface area contributed by atoms with Gasteiger partial charge in [-0.3, -0.25) is 0 Å². The van der Waals surface area contributed by atoms with Crippen molar-refractivity contribution in [3.8, 4) is 0 Å². The first kappa shape index (κ1) is 20.5. The van der Waals surface area contributed by atoms with Gasteiger partial charge in [-0.05, 0) is 39.5 Å². The summed E-state index contributed by atoms with van der Waals surface area (Å²) < 4.78 is 19.1. The number of hydrogen-bond acceptors (Lipinski definition) is 4. The van der Waals surface area contributed by atoms with E-state index >= 15 is 0 Å². The van der Waals surface area contributed by atoms with E-state index in [2.05, 4.69) is 34.6 Å². The summed E-state index contributed by atoms with van der Waals surface area (Å²) in [6, 6.07) is 0. The zero-order chi connectivity index (χ0) is 19.0. The first-order valence-corrected chi connectivity index (χ1v) is 10.7. The van der Waals surface area contributed by atoms with E-state index in [1.165, 1.54) is 32.1 Å². The van der Waals surface area contributed by atoms with Crippen molar-refractivity contribution in [1.29, 1.82) is 0 Å². The maximum Gasteiger partial charge on any atom is 0.175 e. The Kier molecular flexibility index (Phi) is 6.06. The van der Waals surface area contributed by atoms with Crippen LogP contribution in [0.2, 0.25) is 0 Å². The van der Waals surface area contributed by atoms with Gasteiger partial charge < -0.3 is 19.4 Å². The minimum Gasteiger partial charge on any atom is -0.375 e. The summed E-state index contributed by atoms with van der Waals surface area (Å²) >= 11 is 0. The molecule has 0 aromatic heterocycles. The van der Waals surface area contributed by atoms with Crippen LogP contribution in [-0.4, -0.2) is 52.6 Å². The van der Waals surface area contributed by atoms with Gasteiger partial charge in [0.2, 0.25) is 0 Å². The lowest BCUT2D eigenvalue weighted by atomic mass is 9.67. The van der Waals surface area contributed by atoms with Crippen LogP contribution in [0.3, 0.4) is 0 Å². The molecule has 1 spiro atoms. The summed E-state index contributed by atoms with van der Waals surface area (Å²) in [4.78, 5) is 0. The summed E-state index contributed by atoms with van der Waals surface area (Å²) in [6.45, 7) is 12.2. The summed E-state index contributed by atoms with van der Waals surface area (Å²) in [7, 11) is 0. The number of rotatable bonds is 5. The maximum atomic E-state index is 8.82. The van der Waals surface area contributed by atoms with Crippen molar-refractivity contribution < 1.29 is 19.4 Å². The Hall–Kier alpha value is -0.200. The predicted molar refractivity (Wildman–Crippen MR) is 103 cm³/mol. The SMILES string of the molecule is CCC1(C)CC2(OCC(COC3CCCCC3)O2)C(C)C(C)(CC)N1[OH2+]. The average molecular weight is 371 g/mol. The molecule has 2 N–H and O–H groups in total. The van der Waals surface area contributed by atoms with E-state index in [4.69, 9.17) is 19.4 Å². The molecule has 5 heteroatoms. The Morgan fingerprint density at radius 3 is 2.42 bits per heavy atom. The van der Waals surface area contributed by atoms with Crippen LogP contribution in [0.5, 0.6) is 0 Å². The van der Waals surface area contributed by atoms with Gasteiger partial charge in [0.15, 0.2) is 5.79 Å². The molecule has 0 aromatic carbocycles. The Morgan fingerprint density at radius 2 is 1.81 bits per heavy atom. The molecule has 2 heterocycles. The average Bonchev–Trinajstić information content (AvgIpc) is 3.08. The second-order valence-corrected chi connectivity index (χ2v) is 9.25. The topological polar surface area (TPSA) is 53.8 Å². The quantitative estimate of drug-likeness (QED) is 0.691. The fourth-order valence-electron chi connectivity index (χ4n) is 5.26. The Labute approximate surface area is 159 Å². The van der Waals surface area contributed by atoms with Crippen molar-refractivity contribution in [3.63, 3.8) is 0 Å². The van der Waals surface area contributed by atoms with Gasteiger partial charge in [-0.15, -0.1) is 0 Å². The van der Waals surface area contributed by atoms with Crippen LogP contribution in [0.4, 0.5) is 0 Å². The molecule has 2 aliphatic heterocycles. The predicted octanol–water partition coefficient (Wildman–Crippen LogP) is 3.77. The third-order valence-electron chi connectivity index (χ3n) is 7.70. The fraction of sp³-hybridized carbons (Fsp3) is 1.00. The van der Waals surface area contributed by atoms with Crippen molar-refractivity contribution in [2.75, 3.05) is 13.2 Å². The van der Waals surface area contributed by atoms with Crippen molar-refractivity contribution in [3.05, 3.63) is 0 Å². The molecule has 26 heavy (non-hydrogen) atoms.